The third kappa shape index (κ3) is 3.91. The van der Waals surface area contributed by atoms with E-state index in [0.29, 0.717) is 11.2 Å². The molecular weight excluding hydrogens is 290 g/mol. The van der Waals surface area contributed by atoms with Gasteiger partial charge in [0.25, 0.3) is 5.91 Å². The number of rotatable bonds is 4. The first-order valence-corrected chi connectivity index (χ1v) is 8.46. The molecule has 1 amide bonds. The number of fused-ring (bicyclic) bond motifs is 1. The number of hydrogen-bond donors (Lipinski definition) is 2. The Labute approximate surface area is 123 Å². The number of pyridine rings is 1. The number of anilines is 1. The standard InChI is InChI=1S/C14H17N3O3S/c1-9(8-21(2,19)20)16-14(18)13-7-11(15)10-5-3-4-6-12(10)17-13/h3-7,9H,8H2,1-2H3,(H2,15,17)(H,16,18). The Morgan fingerprint density at radius 3 is 2.71 bits per heavy atom. The van der Waals surface area contributed by atoms with Crippen LogP contribution < -0.4 is 11.1 Å². The fourth-order valence-electron chi connectivity index (χ4n) is 2.11. The maximum absolute atomic E-state index is 12.1. The van der Waals surface area contributed by atoms with Crippen molar-refractivity contribution in [2.75, 3.05) is 17.7 Å². The van der Waals surface area contributed by atoms with Gasteiger partial charge in [-0.2, -0.15) is 0 Å². The van der Waals surface area contributed by atoms with Crippen molar-refractivity contribution in [3.8, 4) is 0 Å². The number of carbonyl (C=O) groups excluding carboxylic acids is 1. The Kier molecular flexibility index (Phi) is 4.13. The number of hydrogen-bond acceptors (Lipinski definition) is 5. The number of sulfone groups is 1. The van der Waals surface area contributed by atoms with E-state index in [9.17, 15) is 13.2 Å². The molecule has 0 fully saturated rings. The summed E-state index contributed by atoms with van der Waals surface area (Å²) in [6.45, 7) is 1.63. The molecule has 112 valence electrons. The van der Waals surface area contributed by atoms with Crippen molar-refractivity contribution >= 4 is 32.3 Å². The molecule has 21 heavy (non-hydrogen) atoms. The first-order valence-electron chi connectivity index (χ1n) is 6.40. The second-order valence-electron chi connectivity index (χ2n) is 5.08. The van der Waals surface area contributed by atoms with Crippen LogP contribution in [0.5, 0.6) is 0 Å². The predicted octanol–water partition coefficient (Wildman–Crippen LogP) is 0.980. The van der Waals surface area contributed by atoms with Crippen LogP contribution >= 0.6 is 0 Å². The number of nitrogens with zero attached hydrogens (tertiary/aromatic N) is 1. The van der Waals surface area contributed by atoms with Crippen LogP contribution in [-0.2, 0) is 9.84 Å². The van der Waals surface area contributed by atoms with Crippen LogP contribution in [0.2, 0.25) is 0 Å². The van der Waals surface area contributed by atoms with E-state index in [1.807, 2.05) is 18.2 Å². The van der Waals surface area contributed by atoms with Gasteiger partial charge in [0.1, 0.15) is 15.5 Å². The van der Waals surface area contributed by atoms with Crippen LogP contribution in [0.25, 0.3) is 10.9 Å². The van der Waals surface area contributed by atoms with Crippen molar-refractivity contribution in [2.45, 2.75) is 13.0 Å². The molecular formula is C14H17N3O3S. The first kappa shape index (κ1) is 15.2. The van der Waals surface area contributed by atoms with E-state index in [1.54, 1.807) is 13.0 Å². The van der Waals surface area contributed by atoms with Crippen molar-refractivity contribution in [1.82, 2.24) is 10.3 Å². The highest BCUT2D eigenvalue weighted by molar-refractivity contribution is 7.90. The van der Waals surface area contributed by atoms with E-state index in [2.05, 4.69) is 10.3 Å². The highest BCUT2D eigenvalue weighted by Crippen LogP contribution is 2.20. The van der Waals surface area contributed by atoms with E-state index in [-0.39, 0.29) is 11.4 Å². The molecule has 1 aromatic heterocycles. The second kappa shape index (κ2) is 5.69. The van der Waals surface area contributed by atoms with Crippen LogP contribution in [-0.4, -0.2) is 37.4 Å². The summed E-state index contributed by atoms with van der Waals surface area (Å²) in [5.74, 6) is -0.564. The van der Waals surface area contributed by atoms with Gasteiger partial charge >= 0.3 is 0 Å². The average Bonchev–Trinajstić information content (AvgIpc) is 2.36. The lowest BCUT2D eigenvalue weighted by atomic mass is 10.1. The molecule has 0 spiro atoms. The van der Waals surface area contributed by atoms with E-state index >= 15 is 0 Å². The molecule has 0 aliphatic carbocycles. The van der Waals surface area contributed by atoms with Gasteiger partial charge < -0.3 is 11.1 Å². The van der Waals surface area contributed by atoms with Crippen LogP contribution in [0.4, 0.5) is 5.69 Å². The number of amides is 1. The summed E-state index contributed by atoms with van der Waals surface area (Å²) in [5.41, 5.74) is 7.17. The molecule has 0 aliphatic heterocycles. The molecule has 1 unspecified atom stereocenters. The summed E-state index contributed by atoms with van der Waals surface area (Å²) in [7, 11) is -3.15. The molecule has 1 aromatic carbocycles. The summed E-state index contributed by atoms with van der Waals surface area (Å²) in [5, 5.41) is 3.38. The largest absolute Gasteiger partial charge is 0.398 e. The van der Waals surface area contributed by atoms with Crippen molar-refractivity contribution in [3.63, 3.8) is 0 Å². The molecule has 0 saturated heterocycles. The zero-order valence-corrected chi connectivity index (χ0v) is 12.6. The van der Waals surface area contributed by atoms with E-state index in [1.165, 1.54) is 6.07 Å². The monoisotopic (exact) mass is 307 g/mol. The van der Waals surface area contributed by atoms with Crippen molar-refractivity contribution in [1.29, 1.82) is 0 Å². The van der Waals surface area contributed by atoms with Gasteiger partial charge in [-0.1, -0.05) is 18.2 Å². The van der Waals surface area contributed by atoms with Gasteiger partial charge in [0.2, 0.25) is 0 Å². The molecule has 2 rings (SSSR count). The Bertz CT molecular complexity index is 787. The quantitative estimate of drug-likeness (QED) is 0.876. The minimum atomic E-state index is -3.15. The van der Waals surface area contributed by atoms with E-state index in [4.69, 9.17) is 5.73 Å². The van der Waals surface area contributed by atoms with Gasteiger partial charge in [0.15, 0.2) is 0 Å². The van der Waals surface area contributed by atoms with Crippen molar-refractivity contribution < 1.29 is 13.2 Å². The highest BCUT2D eigenvalue weighted by Gasteiger charge is 2.16. The van der Waals surface area contributed by atoms with E-state index in [0.717, 1.165) is 11.6 Å². The lowest BCUT2D eigenvalue weighted by molar-refractivity contribution is 0.0939. The molecule has 0 saturated carbocycles. The third-order valence-electron chi connectivity index (χ3n) is 2.91. The topological polar surface area (TPSA) is 102 Å². The SMILES string of the molecule is CC(CS(C)(=O)=O)NC(=O)c1cc(N)c2ccccc2n1. The minimum Gasteiger partial charge on any atom is -0.398 e. The van der Waals surface area contributed by atoms with Gasteiger partial charge in [-0.15, -0.1) is 0 Å². The van der Waals surface area contributed by atoms with Crippen LogP contribution in [0.1, 0.15) is 17.4 Å². The molecule has 0 aliphatic rings. The number of nitrogens with two attached hydrogens (primary N) is 1. The van der Waals surface area contributed by atoms with Crippen molar-refractivity contribution in [3.05, 3.63) is 36.0 Å². The number of aromatic nitrogens is 1. The van der Waals surface area contributed by atoms with Gasteiger partial charge in [-0.25, -0.2) is 13.4 Å². The number of nitrogen functional groups attached to an aromatic ring is 1. The van der Waals surface area contributed by atoms with Gasteiger partial charge in [-0.05, 0) is 19.1 Å². The Hall–Kier alpha value is -2.15. The summed E-state index contributed by atoms with van der Waals surface area (Å²) in [6.07, 6.45) is 1.13. The normalized spacial score (nSPS) is 13.0. The smallest absolute Gasteiger partial charge is 0.270 e. The van der Waals surface area contributed by atoms with Crippen LogP contribution in [0, 0.1) is 0 Å². The average molecular weight is 307 g/mol. The molecule has 0 radical (unpaired) electrons. The second-order valence-corrected chi connectivity index (χ2v) is 7.27. The minimum absolute atomic E-state index is 0.123. The fourth-order valence-corrected chi connectivity index (χ4v) is 3.10. The molecule has 2 aromatic rings. The molecule has 3 N–H and O–H groups in total. The molecule has 1 heterocycles. The van der Waals surface area contributed by atoms with Crippen molar-refractivity contribution in [2.24, 2.45) is 0 Å². The first-order chi connectivity index (χ1) is 9.76. The van der Waals surface area contributed by atoms with Gasteiger partial charge in [0, 0.05) is 23.4 Å². The lowest BCUT2D eigenvalue weighted by Crippen LogP contribution is -2.37. The number of benzene rings is 1. The Balaban J connectivity index is 2.24. The molecule has 0 bridgehead atoms. The molecule has 6 nitrogen and oxygen atoms in total. The van der Waals surface area contributed by atoms with E-state index < -0.39 is 21.8 Å². The number of carbonyl (C=O) groups is 1. The molecule has 7 heteroatoms. The summed E-state index contributed by atoms with van der Waals surface area (Å²) >= 11 is 0. The zero-order valence-electron chi connectivity index (χ0n) is 11.8. The number of para-hydroxylation sites is 1. The highest BCUT2D eigenvalue weighted by atomic mass is 32.2. The van der Waals surface area contributed by atoms with Crippen LogP contribution in [0.15, 0.2) is 30.3 Å². The van der Waals surface area contributed by atoms with Crippen LogP contribution in [0.3, 0.4) is 0 Å². The zero-order chi connectivity index (χ0) is 15.6. The summed E-state index contributed by atoms with van der Waals surface area (Å²) < 4.78 is 22.4. The van der Waals surface area contributed by atoms with Gasteiger partial charge in [-0.3, -0.25) is 4.79 Å². The predicted molar refractivity (Wildman–Crippen MR) is 82.8 cm³/mol. The third-order valence-corrected chi connectivity index (χ3v) is 4.02. The molecule has 1 atom stereocenters. The maximum atomic E-state index is 12.1. The Morgan fingerprint density at radius 2 is 2.05 bits per heavy atom. The summed E-state index contributed by atoms with van der Waals surface area (Å²) in [4.78, 5) is 16.4. The van der Waals surface area contributed by atoms with Gasteiger partial charge in [0.05, 0.1) is 11.3 Å². The fraction of sp³-hybridized carbons (Fsp3) is 0.286. The maximum Gasteiger partial charge on any atom is 0.270 e. The lowest BCUT2D eigenvalue weighted by Gasteiger charge is -2.13. The number of nitrogens with one attached hydrogen (secondary N) is 1. The Morgan fingerprint density at radius 1 is 1.38 bits per heavy atom. The summed E-state index contributed by atoms with van der Waals surface area (Å²) in [6, 6.07) is 8.23.